The van der Waals surface area contributed by atoms with Crippen molar-refractivity contribution in [2.24, 2.45) is 4.99 Å². The molecule has 2 heterocycles. The van der Waals surface area contributed by atoms with Gasteiger partial charge in [0.15, 0.2) is 5.96 Å². The van der Waals surface area contributed by atoms with Crippen molar-refractivity contribution >= 4 is 17.3 Å². The number of aliphatic imine (C=N–C) groups is 1. The fourth-order valence-electron chi connectivity index (χ4n) is 3.28. The number of nitrogens with zero attached hydrogens (tertiary/aromatic N) is 2. The zero-order chi connectivity index (χ0) is 19.1. The van der Waals surface area contributed by atoms with Crippen LogP contribution in [0.25, 0.3) is 0 Å². The van der Waals surface area contributed by atoms with Gasteiger partial charge in [-0.05, 0) is 46.5 Å². The molecule has 2 aromatic rings. The number of rotatable bonds is 7. The summed E-state index contributed by atoms with van der Waals surface area (Å²) in [6, 6.07) is 8.58. The molecule has 3 rings (SSSR count). The van der Waals surface area contributed by atoms with Gasteiger partial charge in [0.1, 0.15) is 11.5 Å². The molecule has 1 aliphatic heterocycles. The zero-order valence-electron chi connectivity index (χ0n) is 16.2. The smallest absolute Gasteiger partial charge is 0.191 e. The number of nitrogens with one attached hydrogen (secondary N) is 2. The Balaban J connectivity index is 1.50. The molecule has 0 bridgehead atoms. The Kier molecular flexibility index (Phi) is 6.95. The first-order valence-corrected chi connectivity index (χ1v) is 10.1. The van der Waals surface area contributed by atoms with Crippen LogP contribution in [0.4, 0.5) is 0 Å². The van der Waals surface area contributed by atoms with Crippen molar-refractivity contribution < 1.29 is 9.47 Å². The Morgan fingerprint density at radius 3 is 2.63 bits per heavy atom. The molecule has 1 aromatic carbocycles. The van der Waals surface area contributed by atoms with Crippen molar-refractivity contribution in [3.05, 3.63) is 46.2 Å². The Hall–Kier alpha value is -2.25. The molecule has 27 heavy (non-hydrogen) atoms. The highest BCUT2D eigenvalue weighted by molar-refractivity contribution is 7.07. The summed E-state index contributed by atoms with van der Waals surface area (Å²) in [5.41, 5.74) is 2.48. The highest BCUT2D eigenvalue weighted by atomic mass is 32.1. The maximum absolute atomic E-state index is 5.37. The number of hydrogen-bond donors (Lipinski definition) is 2. The van der Waals surface area contributed by atoms with Gasteiger partial charge in [0.25, 0.3) is 0 Å². The van der Waals surface area contributed by atoms with Crippen LogP contribution in [0.15, 0.2) is 40.0 Å². The second-order valence-electron chi connectivity index (χ2n) is 6.64. The van der Waals surface area contributed by atoms with Gasteiger partial charge in [-0.25, -0.2) is 0 Å². The van der Waals surface area contributed by atoms with E-state index < -0.39 is 0 Å². The Bertz CT molecular complexity index is 726. The summed E-state index contributed by atoms with van der Waals surface area (Å²) in [5, 5.41) is 11.2. The van der Waals surface area contributed by atoms with Gasteiger partial charge in [-0.3, -0.25) is 9.89 Å². The molecule has 6 nitrogen and oxygen atoms in total. The number of likely N-dealkylation sites (tertiary alicyclic amines) is 1. The Morgan fingerprint density at radius 1 is 1.22 bits per heavy atom. The molecule has 0 aliphatic carbocycles. The molecule has 1 saturated heterocycles. The van der Waals surface area contributed by atoms with Crippen molar-refractivity contribution in [2.45, 2.75) is 25.6 Å². The van der Waals surface area contributed by atoms with Gasteiger partial charge in [-0.15, -0.1) is 0 Å². The molecule has 2 N–H and O–H groups in total. The second-order valence-corrected chi connectivity index (χ2v) is 7.42. The number of thiophene rings is 1. The van der Waals surface area contributed by atoms with Crippen molar-refractivity contribution in [1.82, 2.24) is 15.5 Å². The average Bonchev–Trinajstić information content (AvgIpc) is 3.36. The fraction of sp³-hybridized carbons (Fsp3) is 0.450. The lowest BCUT2D eigenvalue weighted by atomic mass is 10.2. The van der Waals surface area contributed by atoms with Crippen molar-refractivity contribution in [3.63, 3.8) is 0 Å². The van der Waals surface area contributed by atoms with Crippen LogP contribution in [-0.4, -0.2) is 51.3 Å². The molecular weight excluding hydrogens is 360 g/mol. The summed E-state index contributed by atoms with van der Waals surface area (Å²) in [6.07, 6.45) is 1.10. The standard InChI is InChI=1S/C20H28N4O2S/c1-21-20(22-11-15-5-7-27-14-15)23-17-4-6-24(13-17)12-16-8-18(25-2)10-19(9-16)26-3/h5,7-10,14,17H,4,6,11-13H2,1-3H3,(H2,21,22,23). The van der Waals surface area contributed by atoms with E-state index in [-0.39, 0.29) is 0 Å². The minimum atomic E-state index is 0.395. The lowest BCUT2D eigenvalue weighted by Gasteiger charge is -2.19. The van der Waals surface area contributed by atoms with E-state index in [1.165, 1.54) is 11.1 Å². The fourth-order valence-corrected chi connectivity index (χ4v) is 3.95. The number of ether oxygens (including phenoxy) is 2. The molecule has 1 unspecified atom stereocenters. The number of hydrogen-bond acceptors (Lipinski definition) is 5. The normalized spacial score (nSPS) is 17.7. The zero-order valence-corrected chi connectivity index (χ0v) is 17.0. The third-order valence-electron chi connectivity index (χ3n) is 4.69. The summed E-state index contributed by atoms with van der Waals surface area (Å²) in [4.78, 5) is 6.79. The molecule has 7 heteroatoms. The summed E-state index contributed by atoms with van der Waals surface area (Å²) >= 11 is 1.71. The van der Waals surface area contributed by atoms with Crippen molar-refractivity contribution in [3.8, 4) is 11.5 Å². The molecule has 0 spiro atoms. The van der Waals surface area contributed by atoms with Gasteiger partial charge in [0, 0.05) is 45.3 Å². The van der Waals surface area contributed by atoms with E-state index in [1.807, 2.05) is 13.1 Å². The van der Waals surface area contributed by atoms with Crippen molar-refractivity contribution in [2.75, 3.05) is 34.4 Å². The first-order chi connectivity index (χ1) is 13.2. The summed E-state index contributed by atoms with van der Waals surface area (Å²) in [6.45, 7) is 3.72. The van der Waals surface area contributed by atoms with Gasteiger partial charge in [0.2, 0.25) is 0 Å². The van der Waals surface area contributed by atoms with Crippen LogP contribution in [0.3, 0.4) is 0 Å². The average molecular weight is 389 g/mol. The van der Waals surface area contributed by atoms with Crippen LogP contribution in [0.1, 0.15) is 17.5 Å². The summed E-state index contributed by atoms with van der Waals surface area (Å²) < 4.78 is 10.7. The highest BCUT2D eigenvalue weighted by Gasteiger charge is 2.23. The van der Waals surface area contributed by atoms with Gasteiger partial charge in [-0.2, -0.15) is 11.3 Å². The molecular formula is C20H28N4O2S. The minimum absolute atomic E-state index is 0.395. The van der Waals surface area contributed by atoms with E-state index in [4.69, 9.17) is 9.47 Å². The van der Waals surface area contributed by atoms with E-state index in [0.717, 1.165) is 50.1 Å². The minimum Gasteiger partial charge on any atom is -0.497 e. The molecule has 0 amide bonds. The summed E-state index contributed by atoms with van der Waals surface area (Å²) in [5.74, 6) is 2.52. The molecule has 1 fully saturated rings. The van der Waals surface area contributed by atoms with Gasteiger partial charge in [0.05, 0.1) is 14.2 Å². The predicted molar refractivity (Wildman–Crippen MR) is 111 cm³/mol. The Morgan fingerprint density at radius 2 is 2.00 bits per heavy atom. The lowest BCUT2D eigenvalue weighted by Crippen LogP contribution is -2.44. The highest BCUT2D eigenvalue weighted by Crippen LogP contribution is 2.24. The molecule has 1 aromatic heterocycles. The quantitative estimate of drug-likeness (QED) is 0.564. The molecule has 1 aliphatic rings. The van der Waals surface area contributed by atoms with Crippen molar-refractivity contribution in [1.29, 1.82) is 0 Å². The third kappa shape index (κ3) is 5.61. The number of methoxy groups -OCH3 is 2. The second kappa shape index (κ2) is 9.62. The van der Waals surface area contributed by atoms with Gasteiger partial charge >= 0.3 is 0 Å². The van der Waals surface area contributed by atoms with Crippen LogP contribution in [-0.2, 0) is 13.1 Å². The van der Waals surface area contributed by atoms with Crippen LogP contribution in [0, 0.1) is 0 Å². The predicted octanol–water partition coefficient (Wildman–Crippen LogP) is 2.70. The number of guanidine groups is 1. The SMILES string of the molecule is CN=C(NCc1ccsc1)NC1CCN(Cc2cc(OC)cc(OC)c2)C1. The largest absolute Gasteiger partial charge is 0.497 e. The molecule has 0 saturated carbocycles. The van der Waals surface area contributed by atoms with E-state index in [2.05, 4.69) is 49.5 Å². The van der Waals surface area contributed by atoms with Crippen LogP contribution >= 0.6 is 11.3 Å². The first-order valence-electron chi connectivity index (χ1n) is 9.12. The first kappa shape index (κ1) is 19.5. The molecule has 146 valence electrons. The van der Waals surface area contributed by atoms with E-state index in [1.54, 1.807) is 25.6 Å². The van der Waals surface area contributed by atoms with Crippen LogP contribution in [0.2, 0.25) is 0 Å². The van der Waals surface area contributed by atoms with E-state index >= 15 is 0 Å². The van der Waals surface area contributed by atoms with Crippen LogP contribution in [0.5, 0.6) is 11.5 Å². The third-order valence-corrected chi connectivity index (χ3v) is 5.43. The van der Waals surface area contributed by atoms with Gasteiger partial charge in [-0.1, -0.05) is 0 Å². The van der Waals surface area contributed by atoms with E-state index in [9.17, 15) is 0 Å². The Labute approximate surface area is 165 Å². The monoisotopic (exact) mass is 388 g/mol. The lowest BCUT2D eigenvalue weighted by molar-refractivity contribution is 0.321. The topological polar surface area (TPSA) is 58.1 Å². The molecule has 0 radical (unpaired) electrons. The number of benzene rings is 1. The summed E-state index contributed by atoms with van der Waals surface area (Å²) in [7, 11) is 5.18. The van der Waals surface area contributed by atoms with Gasteiger partial charge < -0.3 is 20.1 Å². The van der Waals surface area contributed by atoms with E-state index in [0.29, 0.717) is 6.04 Å². The maximum Gasteiger partial charge on any atom is 0.191 e. The maximum atomic E-state index is 5.37. The molecule has 1 atom stereocenters. The van der Waals surface area contributed by atoms with Crippen LogP contribution < -0.4 is 20.1 Å².